The lowest BCUT2D eigenvalue weighted by Crippen LogP contribution is -2.21. The van der Waals surface area contributed by atoms with Crippen molar-refractivity contribution in [3.05, 3.63) is 57.4 Å². The number of carbonyl (C=O) groups excluding carboxylic acids is 2. The number of pyridine rings is 1. The lowest BCUT2D eigenvalue weighted by Gasteiger charge is -2.08. The number of amides is 1. The van der Waals surface area contributed by atoms with E-state index in [4.69, 9.17) is 16.3 Å². The smallest absolute Gasteiger partial charge is 0.338 e. The van der Waals surface area contributed by atoms with E-state index < -0.39 is 43.8 Å². The maximum absolute atomic E-state index is 12.0. The largest absolute Gasteiger partial charge is 0.452 e. The van der Waals surface area contributed by atoms with Gasteiger partial charge in [-0.3, -0.25) is 14.9 Å². The van der Waals surface area contributed by atoms with Crippen LogP contribution in [0.4, 0.5) is 11.4 Å². The first kappa shape index (κ1) is 20.3. The van der Waals surface area contributed by atoms with Gasteiger partial charge >= 0.3 is 5.97 Å². The van der Waals surface area contributed by atoms with Crippen molar-refractivity contribution in [2.45, 2.75) is 4.90 Å². The van der Waals surface area contributed by atoms with Crippen molar-refractivity contribution < 1.29 is 27.7 Å². The van der Waals surface area contributed by atoms with Gasteiger partial charge in [0.2, 0.25) is 0 Å². The number of sulfone groups is 1. The number of hydrogen-bond donors (Lipinski definition) is 1. The summed E-state index contributed by atoms with van der Waals surface area (Å²) in [5, 5.41) is 13.5. The SMILES string of the molecule is CS(=O)(=O)c1ccc(C(=O)OCC(=O)Nc2cccnc2Cl)cc1[N+](=O)[O-]. The van der Waals surface area contributed by atoms with Crippen LogP contribution in [0.1, 0.15) is 10.4 Å². The predicted molar refractivity (Wildman–Crippen MR) is 94.4 cm³/mol. The van der Waals surface area contributed by atoms with Crippen molar-refractivity contribution >= 4 is 44.7 Å². The second-order valence-corrected chi connectivity index (χ2v) is 7.52. The molecule has 0 atom stereocenters. The minimum Gasteiger partial charge on any atom is -0.452 e. The van der Waals surface area contributed by atoms with Gasteiger partial charge in [-0.05, 0) is 24.3 Å². The third-order valence-electron chi connectivity index (χ3n) is 3.16. The van der Waals surface area contributed by atoms with Gasteiger partial charge in [-0.1, -0.05) is 11.6 Å². The second-order valence-electron chi connectivity index (χ2n) is 5.18. The topological polar surface area (TPSA) is 146 Å². The van der Waals surface area contributed by atoms with Gasteiger partial charge in [-0.15, -0.1) is 0 Å². The van der Waals surface area contributed by atoms with Crippen molar-refractivity contribution in [1.82, 2.24) is 4.98 Å². The van der Waals surface area contributed by atoms with Crippen LogP contribution in [0.15, 0.2) is 41.4 Å². The molecule has 0 saturated carbocycles. The van der Waals surface area contributed by atoms with Crippen LogP contribution in [-0.2, 0) is 19.4 Å². The summed E-state index contributed by atoms with van der Waals surface area (Å²) in [7, 11) is -3.86. The van der Waals surface area contributed by atoms with Crippen molar-refractivity contribution in [3.63, 3.8) is 0 Å². The van der Waals surface area contributed by atoms with Gasteiger partial charge in [-0.2, -0.15) is 0 Å². The van der Waals surface area contributed by atoms with Crippen LogP contribution in [0.5, 0.6) is 0 Å². The van der Waals surface area contributed by atoms with Gasteiger partial charge in [0.05, 0.1) is 16.2 Å². The summed E-state index contributed by atoms with van der Waals surface area (Å²) in [6.45, 7) is -0.689. The van der Waals surface area contributed by atoms with E-state index in [0.717, 1.165) is 24.5 Å². The third-order valence-corrected chi connectivity index (χ3v) is 4.60. The van der Waals surface area contributed by atoms with Crippen molar-refractivity contribution in [2.24, 2.45) is 0 Å². The summed E-state index contributed by atoms with van der Waals surface area (Å²) in [6, 6.07) is 5.79. The monoisotopic (exact) mass is 413 g/mol. The van der Waals surface area contributed by atoms with E-state index in [1.54, 1.807) is 0 Å². The number of rotatable bonds is 6. The van der Waals surface area contributed by atoms with Gasteiger partial charge < -0.3 is 10.1 Å². The number of hydrogen-bond acceptors (Lipinski definition) is 8. The average Bonchev–Trinajstić information content (AvgIpc) is 2.60. The van der Waals surface area contributed by atoms with Crippen LogP contribution in [0, 0.1) is 10.1 Å². The predicted octanol–water partition coefficient (Wildman–Crippen LogP) is 1.84. The molecule has 0 bridgehead atoms. The molecule has 1 aromatic heterocycles. The summed E-state index contributed by atoms with van der Waals surface area (Å²) >= 11 is 5.78. The lowest BCUT2D eigenvalue weighted by molar-refractivity contribution is -0.387. The van der Waals surface area contributed by atoms with Crippen molar-refractivity contribution in [2.75, 3.05) is 18.2 Å². The van der Waals surface area contributed by atoms with E-state index in [2.05, 4.69) is 10.3 Å². The van der Waals surface area contributed by atoms with E-state index in [9.17, 15) is 28.1 Å². The summed E-state index contributed by atoms with van der Waals surface area (Å²) in [6.07, 6.45) is 2.23. The first-order valence-corrected chi connectivity index (χ1v) is 9.42. The Labute approximate surface area is 158 Å². The highest BCUT2D eigenvalue weighted by Crippen LogP contribution is 2.25. The molecular weight excluding hydrogens is 402 g/mol. The number of aromatic nitrogens is 1. The van der Waals surface area contributed by atoms with Crippen LogP contribution < -0.4 is 5.32 Å². The fourth-order valence-corrected chi connectivity index (χ4v) is 2.98. The zero-order valence-corrected chi connectivity index (χ0v) is 15.3. The van der Waals surface area contributed by atoms with Crippen LogP contribution in [0.3, 0.4) is 0 Å². The van der Waals surface area contributed by atoms with Crippen LogP contribution >= 0.6 is 11.6 Å². The zero-order chi connectivity index (χ0) is 20.2. The molecule has 1 N–H and O–H groups in total. The maximum atomic E-state index is 12.0. The lowest BCUT2D eigenvalue weighted by atomic mass is 10.2. The minimum atomic E-state index is -3.86. The minimum absolute atomic E-state index is 0.0455. The van der Waals surface area contributed by atoms with Crippen LogP contribution in [-0.4, -0.2) is 43.1 Å². The second kappa shape index (κ2) is 8.10. The molecule has 142 valence electrons. The fourth-order valence-electron chi connectivity index (χ4n) is 1.98. The Kier molecular flexibility index (Phi) is 6.08. The Balaban J connectivity index is 2.10. The van der Waals surface area contributed by atoms with Crippen LogP contribution in [0.2, 0.25) is 5.15 Å². The van der Waals surface area contributed by atoms with E-state index in [1.165, 1.54) is 18.3 Å². The van der Waals surface area contributed by atoms with Gasteiger partial charge in [-0.25, -0.2) is 18.2 Å². The fraction of sp³-hybridized carbons (Fsp3) is 0.133. The summed E-state index contributed by atoms with van der Waals surface area (Å²) in [5.74, 6) is -1.74. The molecule has 0 aliphatic rings. The first-order chi connectivity index (χ1) is 12.6. The van der Waals surface area contributed by atoms with Gasteiger partial charge in [0.25, 0.3) is 11.6 Å². The number of ether oxygens (including phenoxy) is 1. The number of carbonyl (C=O) groups is 2. The van der Waals surface area contributed by atoms with E-state index in [1.807, 2.05) is 0 Å². The molecule has 0 unspecified atom stereocenters. The molecule has 10 nitrogen and oxygen atoms in total. The number of anilines is 1. The number of nitrogens with zero attached hydrogens (tertiary/aromatic N) is 2. The molecule has 0 aliphatic carbocycles. The Hall–Kier alpha value is -3.05. The molecule has 0 fully saturated rings. The number of nitro benzene ring substituents is 1. The molecule has 2 aromatic rings. The van der Waals surface area contributed by atoms with E-state index in [-0.39, 0.29) is 16.4 Å². The highest BCUT2D eigenvalue weighted by molar-refractivity contribution is 7.90. The molecule has 2 rings (SSSR count). The Morgan fingerprint density at radius 3 is 2.63 bits per heavy atom. The van der Waals surface area contributed by atoms with Gasteiger partial charge in [0.1, 0.15) is 4.90 Å². The normalized spacial score (nSPS) is 10.9. The van der Waals surface area contributed by atoms with Crippen molar-refractivity contribution in [1.29, 1.82) is 0 Å². The Morgan fingerprint density at radius 2 is 2.04 bits per heavy atom. The molecule has 0 aliphatic heterocycles. The summed E-state index contributed by atoms with van der Waals surface area (Å²) in [5.41, 5.74) is -0.826. The Morgan fingerprint density at radius 1 is 1.33 bits per heavy atom. The van der Waals surface area contributed by atoms with Gasteiger partial charge in [0.15, 0.2) is 21.6 Å². The molecule has 1 aromatic carbocycles. The highest BCUT2D eigenvalue weighted by Gasteiger charge is 2.24. The zero-order valence-electron chi connectivity index (χ0n) is 13.7. The van der Waals surface area contributed by atoms with E-state index in [0.29, 0.717) is 0 Å². The number of benzene rings is 1. The number of esters is 1. The summed E-state index contributed by atoms with van der Waals surface area (Å²) < 4.78 is 27.9. The third kappa shape index (κ3) is 5.21. The number of nitrogens with one attached hydrogen (secondary N) is 1. The van der Waals surface area contributed by atoms with Crippen molar-refractivity contribution in [3.8, 4) is 0 Å². The molecule has 27 heavy (non-hydrogen) atoms. The molecule has 1 heterocycles. The number of nitro groups is 1. The molecular formula is C15H12ClN3O7S. The van der Waals surface area contributed by atoms with E-state index >= 15 is 0 Å². The first-order valence-electron chi connectivity index (χ1n) is 7.15. The quantitative estimate of drug-likeness (QED) is 0.326. The highest BCUT2D eigenvalue weighted by atomic mass is 35.5. The molecule has 12 heteroatoms. The molecule has 0 saturated heterocycles. The molecule has 1 amide bonds. The summed E-state index contributed by atoms with van der Waals surface area (Å²) in [4.78, 5) is 37.1. The molecule has 0 radical (unpaired) electrons. The number of halogens is 1. The molecule has 0 spiro atoms. The standard InChI is InChI=1S/C15H12ClN3O7S/c1-27(24,25)12-5-4-9(7-11(12)19(22)23)15(21)26-8-13(20)18-10-3-2-6-17-14(10)16/h2-7H,8H2,1H3,(H,18,20). The average molecular weight is 414 g/mol. The van der Waals surface area contributed by atoms with Crippen LogP contribution in [0.25, 0.3) is 0 Å². The Bertz CT molecular complexity index is 1020. The van der Waals surface area contributed by atoms with Gasteiger partial charge in [0, 0.05) is 18.5 Å². The maximum Gasteiger partial charge on any atom is 0.338 e.